The summed E-state index contributed by atoms with van der Waals surface area (Å²) in [5, 5.41) is 16.2. The van der Waals surface area contributed by atoms with Crippen LogP contribution in [0.2, 0.25) is 0 Å². The Labute approximate surface area is 227 Å². The summed E-state index contributed by atoms with van der Waals surface area (Å²) < 4.78 is 23.8. The number of carbonyl (C=O) groups excluding carboxylic acids is 1. The quantitative estimate of drug-likeness (QED) is 0.201. The highest BCUT2D eigenvalue weighted by molar-refractivity contribution is 5.83. The maximum absolute atomic E-state index is 12.5. The molecule has 1 saturated heterocycles. The van der Waals surface area contributed by atoms with Crippen LogP contribution in [0.4, 0.5) is 0 Å². The van der Waals surface area contributed by atoms with Crippen LogP contribution in [-0.2, 0) is 36.8 Å². The van der Waals surface area contributed by atoms with Crippen molar-refractivity contribution in [2.75, 3.05) is 26.9 Å². The third-order valence-electron chi connectivity index (χ3n) is 6.56. The Balaban J connectivity index is 1.42. The van der Waals surface area contributed by atoms with E-state index in [4.69, 9.17) is 30.4 Å². The Bertz CT molecular complexity index is 1240. The van der Waals surface area contributed by atoms with Gasteiger partial charge >= 0.3 is 0 Å². The Morgan fingerprint density at radius 1 is 1.03 bits per heavy atom. The van der Waals surface area contributed by atoms with Gasteiger partial charge in [-0.3, -0.25) is 4.79 Å². The average molecular weight is 537 g/mol. The molecule has 6 N–H and O–H groups in total. The summed E-state index contributed by atoms with van der Waals surface area (Å²) in [6, 6.07) is 23.3. The second kappa shape index (κ2) is 14.0. The van der Waals surface area contributed by atoms with Gasteiger partial charge in [0.1, 0.15) is 30.9 Å². The second-order valence-electron chi connectivity index (χ2n) is 9.37. The molecule has 1 aliphatic rings. The SMILES string of the molecule is CO[C@H]1[C@H](O)[C@@H](COCc2ccc3ccccc3c2)OC(OCCc2ccccc2)[C@@H]1NC(=O)CN=C(N)N. The lowest BCUT2D eigenvalue weighted by Crippen LogP contribution is -2.65. The van der Waals surface area contributed by atoms with Gasteiger partial charge in [0.25, 0.3) is 0 Å². The first-order chi connectivity index (χ1) is 18.9. The molecular formula is C29H36N4O6. The van der Waals surface area contributed by atoms with Crippen LogP contribution in [-0.4, -0.2) is 74.5 Å². The molecule has 3 aromatic rings. The molecule has 0 spiro atoms. The van der Waals surface area contributed by atoms with Crippen molar-refractivity contribution in [3.05, 3.63) is 83.9 Å². The molecule has 1 aliphatic heterocycles. The summed E-state index contributed by atoms with van der Waals surface area (Å²) in [6.45, 7) is 0.487. The summed E-state index contributed by atoms with van der Waals surface area (Å²) >= 11 is 0. The van der Waals surface area contributed by atoms with Crippen LogP contribution in [0.25, 0.3) is 10.8 Å². The number of hydrogen-bond acceptors (Lipinski definition) is 7. The van der Waals surface area contributed by atoms with Gasteiger partial charge in [-0.2, -0.15) is 0 Å². The van der Waals surface area contributed by atoms with Crippen LogP contribution < -0.4 is 16.8 Å². The number of fused-ring (bicyclic) bond motifs is 1. The largest absolute Gasteiger partial charge is 0.388 e. The fraction of sp³-hybridized carbons (Fsp3) is 0.379. The Morgan fingerprint density at radius 3 is 2.51 bits per heavy atom. The van der Waals surface area contributed by atoms with Crippen molar-refractivity contribution in [1.82, 2.24) is 5.32 Å². The lowest BCUT2D eigenvalue weighted by molar-refractivity contribution is -0.276. The lowest BCUT2D eigenvalue weighted by Gasteiger charge is -2.44. The molecule has 39 heavy (non-hydrogen) atoms. The lowest BCUT2D eigenvalue weighted by atomic mass is 9.96. The summed E-state index contributed by atoms with van der Waals surface area (Å²) in [7, 11) is 1.46. The van der Waals surface area contributed by atoms with E-state index in [1.165, 1.54) is 7.11 Å². The number of methoxy groups -OCH3 is 1. The van der Waals surface area contributed by atoms with E-state index >= 15 is 0 Å². The fourth-order valence-electron chi connectivity index (χ4n) is 4.59. The first-order valence-corrected chi connectivity index (χ1v) is 12.9. The maximum Gasteiger partial charge on any atom is 0.242 e. The van der Waals surface area contributed by atoms with E-state index in [0.717, 1.165) is 21.9 Å². The van der Waals surface area contributed by atoms with Gasteiger partial charge in [-0.25, -0.2) is 4.99 Å². The number of rotatable bonds is 12. The van der Waals surface area contributed by atoms with E-state index < -0.39 is 36.6 Å². The first kappa shape index (κ1) is 28.5. The maximum atomic E-state index is 12.5. The number of nitrogens with zero attached hydrogens (tertiary/aromatic N) is 1. The molecule has 1 unspecified atom stereocenters. The van der Waals surface area contributed by atoms with Crippen LogP contribution in [0.3, 0.4) is 0 Å². The van der Waals surface area contributed by atoms with Crippen molar-refractivity contribution >= 4 is 22.6 Å². The summed E-state index contributed by atoms with van der Waals surface area (Å²) in [5.74, 6) is -0.665. The van der Waals surface area contributed by atoms with E-state index in [2.05, 4.69) is 28.5 Å². The molecule has 10 nitrogen and oxygen atoms in total. The number of amides is 1. The number of carbonyl (C=O) groups is 1. The highest BCUT2D eigenvalue weighted by atomic mass is 16.7. The summed E-state index contributed by atoms with van der Waals surface area (Å²) in [6.07, 6.45) is -2.92. The molecular weight excluding hydrogens is 500 g/mol. The van der Waals surface area contributed by atoms with Gasteiger partial charge in [-0.05, 0) is 34.4 Å². The number of nitrogens with two attached hydrogens (primary N) is 2. The zero-order valence-corrected chi connectivity index (χ0v) is 21.9. The van der Waals surface area contributed by atoms with Gasteiger partial charge in [0.15, 0.2) is 12.2 Å². The molecule has 0 radical (unpaired) electrons. The molecule has 1 amide bonds. The minimum absolute atomic E-state index is 0.0983. The number of aliphatic hydroxyl groups excluding tert-OH is 1. The first-order valence-electron chi connectivity index (χ1n) is 12.9. The van der Waals surface area contributed by atoms with Crippen molar-refractivity contribution in [3.63, 3.8) is 0 Å². The number of hydrogen-bond donors (Lipinski definition) is 4. The Kier molecular flexibility index (Phi) is 10.2. The smallest absolute Gasteiger partial charge is 0.242 e. The topological polar surface area (TPSA) is 151 Å². The molecule has 0 saturated carbocycles. The summed E-state index contributed by atoms with van der Waals surface area (Å²) in [4.78, 5) is 16.3. The number of benzene rings is 3. The molecule has 0 aromatic heterocycles. The zero-order valence-electron chi connectivity index (χ0n) is 21.9. The number of aliphatic hydroxyl groups is 1. The van der Waals surface area contributed by atoms with E-state index in [9.17, 15) is 9.90 Å². The molecule has 1 fully saturated rings. The molecule has 4 rings (SSSR count). The number of nitrogens with one attached hydrogen (secondary N) is 1. The van der Waals surface area contributed by atoms with Gasteiger partial charge in [-0.1, -0.05) is 66.7 Å². The van der Waals surface area contributed by atoms with E-state index in [0.29, 0.717) is 19.6 Å². The molecule has 5 atom stereocenters. The Morgan fingerprint density at radius 2 is 1.77 bits per heavy atom. The molecule has 0 bridgehead atoms. The predicted octanol–water partition coefficient (Wildman–Crippen LogP) is 1.47. The standard InChI is InChI=1S/C29H36N4O6/c1-36-27-25(33-24(34)16-32-29(30)31)28(38-14-13-19-7-3-2-4-8-19)39-23(26(27)35)18-37-17-20-11-12-21-9-5-6-10-22(21)15-20/h2-12,15,23,25-28,35H,13-14,16-18H2,1H3,(H,33,34)(H4,30,31,32)/t23-,25-,26-,27-,28?/m1/s1. The van der Waals surface area contributed by atoms with Gasteiger partial charge in [-0.15, -0.1) is 0 Å². The van der Waals surface area contributed by atoms with Crippen LogP contribution in [0, 0.1) is 0 Å². The van der Waals surface area contributed by atoms with E-state index in [1.807, 2.05) is 54.6 Å². The fourth-order valence-corrected chi connectivity index (χ4v) is 4.59. The van der Waals surface area contributed by atoms with Crippen molar-refractivity contribution in [2.24, 2.45) is 16.5 Å². The monoisotopic (exact) mass is 536 g/mol. The van der Waals surface area contributed by atoms with Gasteiger partial charge in [0, 0.05) is 7.11 Å². The highest BCUT2D eigenvalue weighted by Gasteiger charge is 2.47. The molecule has 10 heteroatoms. The molecule has 1 heterocycles. The summed E-state index contributed by atoms with van der Waals surface area (Å²) in [5.41, 5.74) is 12.8. The van der Waals surface area contributed by atoms with Crippen molar-refractivity contribution in [1.29, 1.82) is 0 Å². The third-order valence-corrected chi connectivity index (χ3v) is 6.56. The Hall–Kier alpha value is -3.54. The van der Waals surface area contributed by atoms with Crippen LogP contribution >= 0.6 is 0 Å². The zero-order chi connectivity index (χ0) is 27.6. The van der Waals surface area contributed by atoms with Crippen molar-refractivity contribution in [2.45, 2.75) is 43.7 Å². The average Bonchev–Trinajstić information content (AvgIpc) is 2.94. The number of aliphatic imine (C=N–C) groups is 1. The minimum Gasteiger partial charge on any atom is -0.388 e. The molecule has 208 valence electrons. The van der Waals surface area contributed by atoms with Gasteiger partial charge in [0.05, 0.1) is 19.8 Å². The van der Waals surface area contributed by atoms with Crippen LogP contribution in [0.1, 0.15) is 11.1 Å². The highest BCUT2D eigenvalue weighted by Crippen LogP contribution is 2.25. The van der Waals surface area contributed by atoms with E-state index in [-0.39, 0.29) is 19.1 Å². The van der Waals surface area contributed by atoms with Crippen LogP contribution in [0.5, 0.6) is 0 Å². The third kappa shape index (κ3) is 7.98. The van der Waals surface area contributed by atoms with Gasteiger partial charge in [0.2, 0.25) is 5.91 Å². The van der Waals surface area contributed by atoms with Crippen molar-refractivity contribution in [3.8, 4) is 0 Å². The normalized spacial score (nSPS) is 22.9. The second-order valence-corrected chi connectivity index (χ2v) is 9.37. The minimum atomic E-state index is -1.09. The number of guanidine groups is 1. The number of ether oxygens (including phenoxy) is 4. The molecule has 3 aromatic carbocycles. The van der Waals surface area contributed by atoms with Gasteiger partial charge < -0.3 is 40.8 Å². The van der Waals surface area contributed by atoms with Crippen LogP contribution in [0.15, 0.2) is 77.8 Å². The van der Waals surface area contributed by atoms with E-state index in [1.54, 1.807) is 0 Å². The molecule has 0 aliphatic carbocycles. The van der Waals surface area contributed by atoms with Crippen molar-refractivity contribution < 1.29 is 28.8 Å². The predicted molar refractivity (Wildman–Crippen MR) is 148 cm³/mol.